The molecule has 0 aliphatic rings. The summed E-state index contributed by atoms with van der Waals surface area (Å²) >= 11 is 3.52. The lowest BCUT2D eigenvalue weighted by Gasteiger charge is -2.17. The Morgan fingerprint density at radius 2 is 2.20 bits per heavy atom. The maximum absolute atomic E-state index is 5.90. The molecule has 0 aliphatic heterocycles. The molecule has 2 aromatic rings. The van der Waals surface area contributed by atoms with Gasteiger partial charge in [-0.2, -0.15) is 5.10 Å². The molecular formula is C15H21BrN4. The van der Waals surface area contributed by atoms with Gasteiger partial charge in [-0.1, -0.05) is 22.9 Å². The largest absolute Gasteiger partial charge is 0.377 e. The van der Waals surface area contributed by atoms with Crippen LogP contribution in [0.2, 0.25) is 0 Å². The Morgan fingerprint density at radius 1 is 1.40 bits per heavy atom. The molecule has 1 aromatic carbocycles. The number of benzene rings is 1. The van der Waals surface area contributed by atoms with Gasteiger partial charge in [-0.15, -0.1) is 0 Å². The van der Waals surface area contributed by atoms with Gasteiger partial charge in [-0.25, -0.2) is 0 Å². The summed E-state index contributed by atoms with van der Waals surface area (Å²) in [5, 5.41) is 7.84. The fraction of sp³-hybridized carbons (Fsp3) is 0.400. The second-order valence-electron chi connectivity index (χ2n) is 4.99. The predicted molar refractivity (Wildman–Crippen MR) is 86.8 cm³/mol. The Morgan fingerprint density at radius 3 is 2.85 bits per heavy atom. The molecule has 5 heteroatoms. The Labute approximate surface area is 128 Å². The lowest BCUT2D eigenvalue weighted by molar-refractivity contribution is 0.601. The van der Waals surface area contributed by atoms with Crippen molar-refractivity contribution in [2.45, 2.75) is 32.9 Å². The van der Waals surface area contributed by atoms with E-state index in [1.807, 2.05) is 10.9 Å². The monoisotopic (exact) mass is 336 g/mol. The summed E-state index contributed by atoms with van der Waals surface area (Å²) < 4.78 is 3.03. The summed E-state index contributed by atoms with van der Waals surface area (Å²) in [5.41, 5.74) is 9.30. The number of hydrogen-bond donors (Lipinski definition) is 2. The summed E-state index contributed by atoms with van der Waals surface area (Å²) in [7, 11) is 0. The van der Waals surface area contributed by atoms with Gasteiger partial charge in [-0.3, -0.25) is 4.68 Å². The zero-order valence-electron chi connectivity index (χ0n) is 11.9. The molecule has 1 unspecified atom stereocenters. The SMILES string of the molecule is CCCn1cc(C(CN)Nc2cc(C)cc(Br)c2)cn1. The van der Waals surface area contributed by atoms with E-state index in [9.17, 15) is 0 Å². The molecule has 0 spiro atoms. The average Bonchev–Trinajstić information content (AvgIpc) is 2.84. The van der Waals surface area contributed by atoms with Gasteiger partial charge in [0.25, 0.3) is 0 Å². The van der Waals surface area contributed by atoms with Crippen LogP contribution in [0.3, 0.4) is 0 Å². The molecule has 0 saturated carbocycles. The molecule has 0 saturated heterocycles. The van der Waals surface area contributed by atoms with E-state index < -0.39 is 0 Å². The van der Waals surface area contributed by atoms with E-state index in [-0.39, 0.29) is 6.04 Å². The number of hydrogen-bond acceptors (Lipinski definition) is 3. The fourth-order valence-corrected chi connectivity index (χ4v) is 2.82. The third-order valence-electron chi connectivity index (χ3n) is 3.13. The normalized spacial score (nSPS) is 12.4. The average molecular weight is 337 g/mol. The molecule has 1 heterocycles. The molecule has 108 valence electrons. The third-order valence-corrected chi connectivity index (χ3v) is 3.58. The van der Waals surface area contributed by atoms with Crippen molar-refractivity contribution in [2.75, 3.05) is 11.9 Å². The van der Waals surface area contributed by atoms with E-state index >= 15 is 0 Å². The van der Waals surface area contributed by atoms with Gasteiger partial charge < -0.3 is 11.1 Å². The molecular weight excluding hydrogens is 316 g/mol. The van der Waals surface area contributed by atoms with Crippen LogP contribution in [0, 0.1) is 6.92 Å². The van der Waals surface area contributed by atoms with Gasteiger partial charge in [0.2, 0.25) is 0 Å². The van der Waals surface area contributed by atoms with Gasteiger partial charge in [0.1, 0.15) is 0 Å². The smallest absolute Gasteiger partial charge is 0.0667 e. The number of anilines is 1. The van der Waals surface area contributed by atoms with Crippen LogP contribution in [0.25, 0.3) is 0 Å². The maximum Gasteiger partial charge on any atom is 0.0667 e. The van der Waals surface area contributed by atoms with Crippen molar-refractivity contribution in [3.05, 3.63) is 46.2 Å². The van der Waals surface area contributed by atoms with Crippen molar-refractivity contribution in [1.82, 2.24) is 9.78 Å². The first-order valence-corrected chi connectivity index (χ1v) is 7.67. The van der Waals surface area contributed by atoms with Crippen LogP contribution in [-0.4, -0.2) is 16.3 Å². The van der Waals surface area contributed by atoms with Crippen LogP contribution in [0.5, 0.6) is 0 Å². The fourth-order valence-electron chi connectivity index (χ4n) is 2.21. The van der Waals surface area contributed by atoms with Crippen molar-refractivity contribution in [3.63, 3.8) is 0 Å². The zero-order chi connectivity index (χ0) is 14.5. The number of nitrogens with zero attached hydrogens (tertiary/aromatic N) is 2. The highest BCUT2D eigenvalue weighted by atomic mass is 79.9. The van der Waals surface area contributed by atoms with Gasteiger partial charge in [0.15, 0.2) is 0 Å². The molecule has 0 fully saturated rings. The van der Waals surface area contributed by atoms with Crippen molar-refractivity contribution < 1.29 is 0 Å². The van der Waals surface area contributed by atoms with Gasteiger partial charge in [0, 0.05) is 35.0 Å². The number of aromatic nitrogens is 2. The quantitative estimate of drug-likeness (QED) is 0.849. The highest BCUT2D eigenvalue weighted by Crippen LogP contribution is 2.23. The van der Waals surface area contributed by atoms with E-state index in [1.165, 1.54) is 5.56 Å². The first kappa shape index (κ1) is 15.1. The minimum atomic E-state index is 0.0781. The lowest BCUT2D eigenvalue weighted by Crippen LogP contribution is -2.20. The molecule has 0 amide bonds. The first-order chi connectivity index (χ1) is 9.62. The predicted octanol–water partition coefficient (Wildman–Crippen LogP) is 3.48. The minimum Gasteiger partial charge on any atom is -0.377 e. The summed E-state index contributed by atoms with van der Waals surface area (Å²) in [6, 6.07) is 6.34. The Balaban J connectivity index is 2.15. The molecule has 0 bridgehead atoms. The van der Waals surface area contributed by atoms with E-state index in [2.05, 4.69) is 64.6 Å². The highest BCUT2D eigenvalue weighted by molar-refractivity contribution is 9.10. The van der Waals surface area contributed by atoms with Crippen molar-refractivity contribution >= 4 is 21.6 Å². The van der Waals surface area contributed by atoms with Crippen LogP contribution in [0.15, 0.2) is 35.1 Å². The summed E-state index contributed by atoms with van der Waals surface area (Å²) in [6.07, 6.45) is 5.04. The zero-order valence-corrected chi connectivity index (χ0v) is 13.5. The molecule has 20 heavy (non-hydrogen) atoms. The second kappa shape index (κ2) is 6.90. The van der Waals surface area contributed by atoms with Crippen LogP contribution in [-0.2, 0) is 6.54 Å². The van der Waals surface area contributed by atoms with E-state index in [1.54, 1.807) is 0 Å². The maximum atomic E-state index is 5.90. The molecule has 4 nitrogen and oxygen atoms in total. The summed E-state index contributed by atoms with van der Waals surface area (Å²) in [5.74, 6) is 0. The molecule has 1 atom stereocenters. The molecule has 0 aliphatic carbocycles. The second-order valence-corrected chi connectivity index (χ2v) is 5.90. The molecule has 1 aromatic heterocycles. The number of nitrogens with one attached hydrogen (secondary N) is 1. The van der Waals surface area contributed by atoms with E-state index in [4.69, 9.17) is 5.73 Å². The van der Waals surface area contributed by atoms with Crippen LogP contribution in [0.4, 0.5) is 5.69 Å². The lowest BCUT2D eigenvalue weighted by atomic mass is 10.1. The topological polar surface area (TPSA) is 55.9 Å². The first-order valence-electron chi connectivity index (χ1n) is 6.88. The Hall–Kier alpha value is -1.33. The summed E-state index contributed by atoms with van der Waals surface area (Å²) in [4.78, 5) is 0. The minimum absolute atomic E-state index is 0.0781. The van der Waals surface area contributed by atoms with Gasteiger partial charge in [0.05, 0.1) is 12.2 Å². The van der Waals surface area contributed by atoms with Gasteiger partial charge in [-0.05, 0) is 37.1 Å². The van der Waals surface area contributed by atoms with E-state index in [0.29, 0.717) is 6.54 Å². The number of halogens is 1. The highest BCUT2D eigenvalue weighted by Gasteiger charge is 2.12. The van der Waals surface area contributed by atoms with Crippen molar-refractivity contribution in [3.8, 4) is 0 Å². The number of rotatable bonds is 6. The van der Waals surface area contributed by atoms with Gasteiger partial charge >= 0.3 is 0 Å². The van der Waals surface area contributed by atoms with Crippen LogP contribution >= 0.6 is 15.9 Å². The Kier molecular flexibility index (Phi) is 5.20. The van der Waals surface area contributed by atoms with Crippen LogP contribution < -0.4 is 11.1 Å². The Bertz CT molecular complexity index is 545. The van der Waals surface area contributed by atoms with E-state index in [0.717, 1.165) is 28.7 Å². The van der Waals surface area contributed by atoms with Crippen molar-refractivity contribution in [2.24, 2.45) is 5.73 Å². The number of aryl methyl sites for hydroxylation is 2. The number of nitrogens with two attached hydrogens (primary N) is 1. The van der Waals surface area contributed by atoms with Crippen molar-refractivity contribution in [1.29, 1.82) is 0 Å². The summed E-state index contributed by atoms with van der Waals surface area (Å²) in [6.45, 7) is 5.69. The van der Waals surface area contributed by atoms with Crippen LogP contribution in [0.1, 0.15) is 30.5 Å². The molecule has 2 rings (SSSR count). The molecule has 3 N–H and O–H groups in total. The standard InChI is InChI=1S/C15H21BrN4/c1-3-4-20-10-12(9-18-20)15(8-17)19-14-6-11(2)5-13(16)7-14/h5-7,9-10,15,19H,3-4,8,17H2,1-2H3. The third kappa shape index (κ3) is 3.84. The molecule has 0 radical (unpaired) electrons.